The van der Waals surface area contributed by atoms with Crippen LogP contribution in [-0.2, 0) is 6.61 Å². The van der Waals surface area contributed by atoms with Gasteiger partial charge in [0.1, 0.15) is 11.5 Å². The second-order valence-electron chi connectivity index (χ2n) is 4.27. The van der Waals surface area contributed by atoms with Gasteiger partial charge in [0, 0.05) is 0 Å². The lowest BCUT2D eigenvalue weighted by Gasteiger charge is -2.11. The van der Waals surface area contributed by atoms with Crippen LogP contribution in [0.25, 0.3) is 0 Å². The van der Waals surface area contributed by atoms with Crippen molar-refractivity contribution in [1.29, 1.82) is 0 Å². The minimum absolute atomic E-state index is 0.0209. The molecule has 19 heavy (non-hydrogen) atoms. The molecule has 0 heterocycles. The molecule has 1 unspecified atom stereocenters. The Hall–Kier alpha value is -1.36. The van der Waals surface area contributed by atoms with Crippen molar-refractivity contribution < 1.29 is 14.9 Å². The van der Waals surface area contributed by atoms with E-state index in [4.69, 9.17) is 9.84 Å². The maximum atomic E-state index is 9.50. The molecule has 0 aromatic heterocycles. The van der Waals surface area contributed by atoms with Gasteiger partial charge >= 0.3 is 0 Å². The Balaban J connectivity index is 2.18. The highest BCUT2D eigenvalue weighted by Crippen LogP contribution is 2.32. The van der Waals surface area contributed by atoms with Crippen molar-refractivity contribution in [3.8, 4) is 11.5 Å². The van der Waals surface area contributed by atoms with Gasteiger partial charge in [0.05, 0.1) is 17.2 Å². The summed E-state index contributed by atoms with van der Waals surface area (Å²) in [4.78, 5) is 0. The monoisotopic (exact) mass is 322 g/mol. The average Bonchev–Trinajstić information content (AvgIpc) is 2.41. The Labute approximate surface area is 120 Å². The number of hydrogen-bond donors (Lipinski definition) is 2. The van der Waals surface area contributed by atoms with E-state index in [1.807, 2.05) is 30.3 Å². The van der Waals surface area contributed by atoms with E-state index in [2.05, 4.69) is 15.9 Å². The smallest absolute Gasteiger partial charge is 0.141 e. The van der Waals surface area contributed by atoms with Crippen molar-refractivity contribution in [3.05, 3.63) is 58.1 Å². The highest BCUT2D eigenvalue weighted by atomic mass is 79.9. The molecular weight excluding hydrogens is 308 g/mol. The number of ether oxygens (including phenoxy) is 1. The van der Waals surface area contributed by atoms with Gasteiger partial charge in [-0.1, -0.05) is 18.2 Å². The molecule has 0 fully saturated rings. The molecule has 0 aliphatic heterocycles. The number of rotatable bonds is 4. The summed E-state index contributed by atoms with van der Waals surface area (Å²) >= 11 is 3.42. The molecule has 1 atom stereocenters. The van der Waals surface area contributed by atoms with Gasteiger partial charge < -0.3 is 14.9 Å². The van der Waals surface area contributed by atoms with Crippen LogP contribution in [-0.4, -0.2) is 10.2 Å². The highest BCUT2D eigenvalue weighted by Gasteiger charge is 2.07. The maximum absolute atomic E-state index is 9.50. The Morgan fingerprint density at radius 2 is 1.84 bits per heavy atom. The first-order valence-corrected chi connectivity index (χ1v) is 6.74. The van der Waals surface area contributed by atoms with Crippen LogP contribution in [0.15, 0.2) is 46.9 Å². The maximum Gasteiger partial charge on any atom is 0.141 e. The number of hydrogen-bond acceptors (Lipinski definition) is 3. The number of halogens is 1. The summed E-state index contributed by atoms with van der Waals surface area (Å²) in [6.07, 6.45) is -0.505. The van der Waals surface area contributed by atoms with Crippen LogP contribution < -0.4 is 4.74 Å². The Morgan fingerprint density at radius 1 is 1.16 bits per heavy atom. The first-order chi connectivity index (χ1) is 9.10. The van der Waals surface area contributed by atoms with E-state index in [1.54, 1.807) is 19.1 Å². The van der Waals surface area contributed by atoms with Gasteiger partial charge in [-0.3, -0.25) is 0 Å². The average molecular weight is 323 g/mol. The Kier molecular flexibility index (Phi) is 4.58. The molecule has 100 valence electrons. The Bertz CT molecular complexity index is 550. The summed E-state index contributed by atoms with van der Waals surface area (Å²) in [5.41, 5.74) is 1.67. The predicted molar refractivity (Wildman–Crippen MR) is 77.2 cm³/mol. The lowest BCUT2D eigenvalue weighted by Crippen LogP contribution is -1.92. The van der Waals surface area contributed by atoms with Gasteiger partial charge in [-0.25, -0.2) is 0 Å². The summed E-state index contributed by atoms with van der Waals surface area (Å²) in [6, 6.07) is 12.7. The standard InChI is InChI=1S/C15H15BrO3/c1-10(18)12-4-7-15(14(16)8-12)19-13-5-2-11(9-17)3-6-13/h2-8,10,17-18H,9H2,1H3. The summed E-state index contributed by atoms with van der Waals surface area (Å²) in [5.74, 6) is 1.38. The van der Waals surface area contributed by atoms with E-state index in [1.165, 1.54) is 0 Å². The molecule has 2 aromatic carbocycles. The molecule has 0 bridgehead atoms. The molecule has 0 spiro atoms. The molecule has 0 radical (unpaired) electrons. The van der Waals surface area contributed by atoms with Gasteiger partial charge in [0.2, 0.25) is 0 Å². The lowest BCUT2D eigenvalue weighted by molar-refractivity contribution is 0.199. The summed E-state index contributed by atoms with van der Waals surface area (Å²) < 4.78 is 6.52. The van der Waals surface area contributed by atoms with Crippen LogP contribution in [0.1, 0.15) is 24.2 Å². The van der Waals surface area contributed by atoms with Gasteiger partial charge in [-0.05, 0) is 58.2 Å². The predicted octanol–water partition coefficient (Wildman–Crippen LogP) is 3.79. The van der Waals surface area contributed by atoms with Crippen LogP contribution in [0.4, 0.5) is 0 Å². The van der Waals surface area contributed by atoms with Crippen molar-refractivity contribution >= 4 is 15.9 Å². The normalized spacial score (nSPS) is 12.2. The number of aliphatic hydroxyl groups is 2. The van der Waals surface area contributed by atoms with Crippen molar-refractivity contribution in [1.82, 2.24) is 0 Å². The fourth-order valence-electron chi connectivity index (χ4n) is 1.65. The molecule has 4 heteroatoms. The zero-order chi connectivity index (χ0) is 13.8. The van der Waals surface area contributed by atoms with Crippen LogP contribution in [0, 0.1) is 0 Å². The molecule has 2 N–H and O–H groups in total. The molecule has 0 saturated heterocycles. The topological polar surface area (TPSA) is 49.7 Å². The van der Waals surface area contributed by atoms with Gasteiger partial charge in [-0.2, -0.15) is 0 Å². The third kappa shape index (κ3) is 3.56. The molecular formula is C15H15BrO3. The third-order valence-corrected chi connectivity index (χ3v) is 3.39. The summed E-state index contributed by atoms with van der Waals surface area (Å²) in [6.45, 7) is 1.74. The van der Waals surface area contributed by atoms with E-state index < -0.39 is 6.10 Å². The SMILES string of the molecule is CC(O)c1ccc(Oc2ccc(CO)cc2)c(Br)c1. The summed E-state index contributed by atoms with van der Waals surface area (Å²) in [7, 11) is 0. The van der Waals surface area contributed by atoms with E-state index in [-0.39, 0.29) is 6.61 Å². The molecule has 0 aliphatic carbocycles. The van der Waals surface area contributed by atoms with E-state index in [0.29, 0.717) is 11.5 Å². The molecule has 0 aliphatic rings. The first kappa shape index (κ1) is 14.1. The molecule has 0 saturated carbocycles. The van der Waals surface area contributed by atoms with Crippen LogP contribution >= 0.6 is 15.9 Å². The highest BCUT2D eigenvalue weighted by molar-refractivity contribution is 9.10. The second kappa shape index (κ2) is 6.19. The zero-order valence-electron chi connectivity index (χ0n) is 10.5. The second-order valence-corrected chi connectivity index (χ2v) is 5.12. The van der Waals surface area contributed by atoms with Gasteiger partial charge in [-0.15, -0.1) is 0 Å². The largest absolute Gasteiger partial charge is 0.456 e. The Morgan fingerprint density at radius 3 is 2.37 bits per heavy atom. The van der Waals surface area contributed by atoms with Crippen molar-refractivity contribution in [3.63, 3.8) is 0 Å². The minimum Gasteiger partial charge on any atom is -0.456 e. The van der Waals surface area contributed by atoms with Crippen LogP contribution in [0.2, 0.25) is 0 Å². The van der Waals surface area contributed by atoms with Crippen molar-refractivity contribution in [2.24, 2.45) is 0 Å². The summed E-state index contributed by atoms with van der Waals surface area (Å²) in [5, 5.41) is 18.5. The van der Waals surface area contributed by atoms with Crippen LogP contribution in [0.3, 0.4) is 0 Å². The third-order valence-electron chi connectivity index (χ3n) is 2.77. The number of aliphatic hydroxyl groups excluding tert-OH is 2. The van der Waals surface area contributed by atoms with E-state index in [9.17, 15) is 5.11 Å². The molecule has 2 aromatic rings. The number of benzene rings is 2. The van der Waals surface area contributed by atoms with Crippen LogP contribution in [0.5, 0.6) is 11.5 Å². The lowest BCUT2D eigenvalue weighted by atomic mass is 10.1. The first-order valence-electron chi connectivity index (χ1n) is 5.95. The zero-order valence-corrected chi connectivity index (χ0v) is 12.1. The molecule has 0 amide bonds. The quantitative estimate of drug-likeness (QED) is 0.900. The van der Waals surface area contributed by atoms with Gasteiger partial charge in [0.25, 0.3) is 0 Å². The minimum atomic E-state index is -0.505. The van der Waals surface area contributed by atoms with E-state index in [0.717, 1.165) is 15.6 Å². The van der Waals surface area contributed by atoms with Gasteiger partial charge in [0.15, 0.2) is 0 Å². The van der Waals surface area contributed by atoms with E-state index >= 15 is 0 Å². The molecule has 2 rings (SSSR count). The fraction of sp³-hybridized carbons (Fsp3) is 0.200. The van der Waals surface area contributed by atoms with Crippen molar-refractivity contribution in [2.45, 2.75) is 19.6 Å². The van der Waals surface area contributed by atoms with Crippen molar-refractivity contribution in [2.75, 3.05) is 0 Å². The molecule has 3 nitrogen and oxygen atoms in total. The fourth-order valence-corrected chi connectivity index (χ4v) is 2.13.